The van der Waals surface area contributed by atoms with Crippen molar-refractivity contribution in [1.82, 2.24) is 5.43 Å². The molecule has 0 saturated heterocycles. The molecule has 2 N–H and O–H groups in total. The summed E-state index contributed by atoms with van der Waals surface area (Å²) in [4.78, 5) is 12.1. The number of halogens is 3. The molecule has 0 aromatic heterocycles. The quantitative estimate of drug-likeness (QED) is 0.181. The summed E-state index contributed by atoms with van der Waals surface area (Å²) in [5.41, 5.74) is 5.25. The molecular weight excluding hydrogens is 716 g/mol. The Bertz CT molecular complexity index is 1170. The van der Waals surface area contributed by atoms with E-state index in [0.29, 0.717) is 18.1 Å². The average Bonchev–Trinajstić information content (AvgIpc) is 3.26. The van der Waals surface area contributed by atoms with Crippen LogP contribution in [-0.4, -0.2) is 25.5 Å². The second kappa shape index (κ2) is 11.4. The van der Waals surface area contributed by atoms with E-state index < -0.39 is 0 Å². The van der Waals surface area contributed by atoms with Gasteiger partial charge in [-0.3, -0.25) is 4.79 Å². The zero-order valence-electron chi connectivity index (χ0n) is 17.1. The van der Waals surface area contributed by atoms with Crippen LogP contribution in [0.5, 0.6) is 17.2 Å². The van der Waals surface area contributed by atoms with Gasteiger partial charge in [0.2, 0.25) is 6.79 Å². The minimum Gasteiger partial charge on any atom is -0.487 e. The molecular formula is C23H18BrI2N3O4. The molecule has 0 radical (unpaired) electrons. The maximum Gasteiger partial charge on any atom is 0.259 e. The van der Waals surface area contributed by atoms with E-state index in [-0.39, 0.29) is 19.2 Å². The minimum atomic E-state index is -0.261. The van der Waals surface area contributed by atoms with Gasteiger partial charge in [-0.2, -0.15) is 5.10 Å². The highest BCUT2D eigenvalue weighted by atomic mass is 127. The van der Waals surface area contributed by atoms with Gasteiger partial charge in [0, 0.05) is 16.2 Å². The molecule has 4 rings (SSSR count). The standard InChI is InChI=1S/C23H18BrI2N3O4/c24-16-3-1-14(2-4-16)12-31-23-18(25)7-15(8-19(23)26)10-28-29-22(30)11-27-17-5-6-20-21(9-17)33-13-32-20/h1-10,27H,11-13H2,(H,29,30)/b28-10+. The number of amides is 1. The molecule has 0 bridgehead atoms. The third-order valence-electron chi connectivity index (χ3n) is 4.55. The molecule has 7 nitrogen and oxygen atoms in total. The van der Waals surface area contributed by atoms with Gasteiger partial charge in [-0.05, 0) is 92.7 Å². The van der Waals surface area contributed by atoms with Crippen molar-refractivity contribution in [3.63, 3.8) is 0 Å². The predicted molar refractivity (Wildman–Crippen MR) is 147 cm³/mol. The van der Waals surface area contributed by atoms with Crippen LogP contribution in [0.4, 0.5) is 5.69 Å². The van der Waals surface area contributed by atoms with Crippen LogP contribution in [0.3, 0.4) is 0 Å². The second-order valence-electron chi connectivity index (χ2n) is 6.94. The number of hydrazone groups is 1. The summed E-state index contributed by atoms with van der Waals surface area (Å²) in [5.74, 6) is 1.92. The average molecular weight is 734 g/mol. The van der Waals surface area contributed by atoms with Crippen molar-refractivity contribution in [2.24, 2.45) is 5.10 Å². The van der Waals surface area contributed by atoms with Gasteiger partial charge in [0.05, 0.1) is 19.9 Å². The Labute approximate surface area is 226 Å². The van der Waals surface area contributed by atoms with Crippen LogP contribution in [0.15, 0.2) is 64.2 Å². The van der Waals surface area contributed by atoms with E-state index in [9.17, 15) is 4.79 Å². The fraction of sp³-hybridized carbons (Fsp3) is 0.130. The van der Waals surface area contributed by atoms with E-state index in [1.165, 1.54) is 0 Å². The van der Waals surface area contributed by atoms with Crippen molar-refractivity contribution in [1.29, 1.82) is 0 Å². The molecule has 0 unspecified atom stereocenters. The Kier molecular flexibility index (Phi) is 8.30. The number of anilines is 1. The summed E-state index contributed by atoms with van der Waals surface area (Å²) in [7, 11) is 0. The van der Waals surface area contributed by atoms with Crippen LogP contribution < -0.4 is 25.0 Å². The number of nitrogens with zero attached hydrogens (tertiary/aromatic N) is 1. The van der Waals surface area contributed by atoms with E-state index in [1.807, 2.05) is 42.5 Å². The van der Waals surface area contributed by atoms with Crippen molar-refractivity contribution in [2.45, 2.75) is 6.61 Å². The van der Waals surface area contributed by atoms with Gasteiger partial charge in [-0.1, -0.05) is 28.1 Å². The smallest absolute Gasteiger partial charge is 0.259 e. The molecule has 0 spiro atoms. The fourth-order valence-electron chi connectivity index (χ4n) is 2.94. The van der Waals surface area contributed by atoms with E-state index in [4.69, 9.17) is 14.2 Å². The number of hydrogen-bond acceptors (Lipinski definition) is 6. The molecule has 0 fully saturated rings. The third-order valence-corrected chi connectivity index (χ3v) is 6.68. The van der Waals surface area contributed by atoms with E-state index in [0.717, 1.165) is 34.2 Å². The summed E-state index contributed by atoms with van der Waals surface area (Å²) in [5, 5.41) is 7.10. The van der Waals surface area contributed by atoms with Gasteiger partial charge < -0.3 is 19.5 Å². The summed E-state index contributed by atoms with van der Waals surface area (Å²) in [6.45, 7) is 0.776. The van der Waals surface area contributed by atoms with Crippen LogP contribution in [0.2, 0.25) is 0 Å². The molecule has 1 heterocycles. The molecule has 1 aliphatic heterocycles. The van der Waals surface area contributed by atoms with Crippen molar-refractivity contribution in [3.8, 4) is 17.2 Å². The molecule has 0 saturated carbocycles. The summed E-state index contributed by atoms with van der Waals surface area (Å²) in [6, 6.07) is 17.4. The number of nitrogens with one attached hydrogen (secondary N) is 2. The van der Waals surface area contributed by atoms with Crippen LogP contribution in [0.25, 0.3) is 0 Å². The minimum absolute atomic E-state index is 0.0783. The molecule has 3 aromatic rings. The van der Waals surface area contributed by atoms with Crippen LogP contribution in [0.1, 0.15) is 11.1 Å². The van der Waals surface area contributed by atoms with Gasteiger partial charge in [-0.15, -0.1) is 0 Å². The van der Waals surface area contributed by atoms with Crippen molar-refractivity contribution < 1.29 is 19.0 Å². The summed E-state index contributed by atoms with van der Waals surface area (Å²) in [6.07, 6.45) is 1.61. The molecule has 1 amide bonds. The lowest BCUT2D eigenvalue weighted by Crippen LogP contribution is -2.25. The van der Waals surface area contributed by atoms with E-state index >= 15 is 0 Å². The number of fused-ring (bicyclic) bond motifs is 1. The molecule has 3 aromatic carbocycles. The molecule has 1 aliphatic rings. The van der Waals surface area contributed by atoms with E-state index in [2.05, 4.69) is 77.0 Å². The van der Waals surface area contributed by atoms with Gasteiger partial charge in [0.15, 0.2) is 11.5 Å². The fourth-order valence-corrected chi connectivity index (χ4v) is 5.33. The van der Waals surface area contributed by atoms with Crippen LogP contribution in [-0.2, 0) is 11.4 Å². The first-order valence-electron chi connectivity index (χ1n) is 9.79. The number of rotatable bonds is 8. The Morgan fingerprint density at radius 1 is 1.06 bits per heavy atom. The maximum absolute atomic E-state index is 12.1. The first-order valence-corrected chi connectivity index (χ1v) is 12.7. The Balaban J connectivity index is 1.28. The van der Waals surface area contributed by atoms with Gasteiger partial charge in [0.1, 0.15) is 12.4 Å². The normalized spacial score (nSPS) is 12.1. The van der Waals surface area contributed by atoms with Gasteiger partial charge in [0.25, 0.3) is 5.91 Å². The first kappa shape index (κ1) is 24.1. The van der Waals surface area contributed by atoms with Gasteiger partial charge in [-0.25, -0.2) is 5.43 Å². The van der Waals surface area contributed by atoms with Crippen molar-refractivity contribution in [3.05, 3.63) is 77.3 Å². The Hall–Kier alpha value is -2.06. The zero-order chi connectivity index (χ0) is 23.2. The van der Waals surface area contributed by atoms with Gasteiger partial charge >= 0.3 is 0 Å². The molecule has 0 atom stereocenters. The number of hydrogen-bond donors (Lipinski definition) is 2. The SMILES string of the molecule is O=C(CNc1ccc2c(c1)OCO2)N/N=C/c1cc(I)c(OCc2ccc(Br)cc2)c(I)c1. The monoisotopic (exact) mass is 733 g/mol. The van der Waals surface area contributed by atoms with Crippen molar-refractivity contribution >= 4 is 78.9 Å². The highest BCUT2D eigenvalue weighted by Gasteiger charge is 2.13. The Morgan fingerprint density at radius 2 is 1.79 bits per heavy atom. The predicted octanol–water partition coefficient (Wildman–Crippen LogP) is 5.53. The topological polar surface area (TPSA) is 81.2 Å². The molecule has 10 heteroatoms. The lowest BCUT2D eigenvalue weighted by atomic mass is 10.2. The molecule has 0 aliphatic carbocycles. The third kappa shape index (κ3) is 6.73. The first-order chi connectivity index (χ1) is 16.0. The summed E-state index contributed by atoms with van der Waals surface area (Å²) >= 11 is 7.92. The number of carbonyl (C=O) groups excluding carboxylic acids is 1. The number of carbonyl (C=O) groups is 1. The van der Waals surface area contributed by atoms with E-state index in [1.54, 1.807) is 18.3 Å². The summed E-state index contributed by atoms with van der Waals surface area (Å²) < 4.78 is 19.6. The molecule has 33 heavy (non-hydrogen) atoms. The Morgan fingerprint density at radius 3 is 2.55 bits per heavy atom. The molecule has 170 valence electrons. The van der Waals surface area contributed by atoms with Crippen molar-refractivity contribution in [2.75, 3.05) is 18.7 Å². The largest absolute Gasteiger partial charge is 0.487 e. The number of ether oxygens (including phenoxy) is 3. The lowest BCUT2D eigenvalue weighted by Gasteiger charge is -2.11. The second-order valence-corrected chi connectivity index (χ2v) is 10.2. The number of benzene rings is 3. The zero-order valence-corrected chi connectivity index (χ0v) is 23.0. The lowest BCUT2D eigenvalue weighted by molar-refractivity contribution is -0.119. The highest BCUT2D eigenvalue weighted by Crippen LogP contribution is 2.34. The van der Waals surface area contributed by atoms with Crippen LogP contribution in [0, 0.1) is 7.14 Å². The van der Waals surface area contributed by atoms with Crippen LogP contribution >= 0.6 is 61.1 Å². The highest BCUT2D eigenvalue weighted by molar-refractivity contribution is 14.1. The maximum atomic E-state index is 12.1.